The molecule has 3 rings (SSSR count). The minimum Gasteiger partial charge on any atom is -0.495 e. The fourth-order valence-corrected chi connectivity index (χ4v) is 2.61. The van der Waals surface area contributed by atoms with E-state index in [2.05, 4.69) is 10.6 Å². The highest BCUT2D eigenvalue weighted by Crippen LogP contribution is 2.24. The van der Waals surface area contributed by atoms with E-state index in [9.17, 15) is 19.7 Å². The van der Waals surface area contributed by atoms with Gasteiger partial charge in [0.15, 0.2) is 0 Å². The van der Waals surface area contributed by atoms with Crippen molar-refractivity contribution < 1.29 is 19.2 Å². The van der Waals surface area contributed by atoms with E-state index in [0.717, 1.165) is 0 Å². The zero-order chi connectivity index (χ0) is 20.8. The van der Waals surface area contributed by atoms with E-state index in [-0.39, 0.29) is 17.2 Å². The van der Waals surface area contributed by atoms with Crippen LogP contribution in [0.1, 0.15) is 20.7 Å². The average molecular weight is 391 g/mol. The van der Waals surface area contributed by atoms with Gasteiger partial charge in [-0.2, -0.15) is 0 Å². The summed E-state index contributed by atoms with van der Waals surface area (Å²) in [6, 6.07) is 18.8. The van der Waals surface area contributed by atoms with Gasteiger partial charge in [-0.25, -0.2) is 0 Å². The maximum absolute atomic E-state index is 12.4. The SMILES string of the molecule is COc1ccccc1NC(=O)c1ccc(NC(=O)c2cccc([N+](=O)[O-])c2)cc1. The van der Waals surface area contributed by atoms with E-state index in [4.69, 9.17) is 4.74 Å². The van der Waals surface area contributed by atoms with Crippen LogP contribution in [-0.2, 0) is 0 Å². The summed E-state index contributed by atoms with van der Waals surface area (Å²) in [4.78, 5) is 35.0. The molecule has 2 N–H and O–H groups in total. The van der Waals surface area contributed by atoms with Gasteiger partial charge >= 0.3 is 0 Å². The first-order chi connectivity index (χ1) is 14.0. The molecular weight excluding hydrogens is 374 g/mol. The lowest BCUT2D eigenvalue weighted by molar-refractivity contribution is -0.384. The summed E-state index contributed by atoms with van der Waals surface area (Å²) in [6.07, 6.45) is 0. The molecule has 146 valence electrons. The van der Waals surface area contributed by atoms with Crippen LogP contribution in [0.5, 0.6) is 5.75 Å². The van der Waals surface area contributed by atoms with E-state index in [1.165, 1.54) is 31.4 Å². The van der Waals surface area contributed by atoms with Crippen LogP contribution in [0, 0.1) is 10.1 Å². The second kappa shape index (κ2) is 8.66. The Bertz CT molecular complexity index is 1060. The largest absolute Gasteiger partial charge is 0.495 e. The number of nitrogens with zero attached hydrogens (tertiary/aromatic N) is 1. The zero-order valence-electron chi connectivity index (χ0n) is 15.4. The Labute approximate surface area is 166 Å². The van der Waals surface area contributed by atoms with Crippen molar-refractivity contribution >= 4 is 28.9 Å². The third-order valence-electron chi connectivity index (χ3n) is 4.08. The Morgan fingerprint density at radius 3 is 2.24 bits per heavy atom. The normalized spacial score (nSPS) is 10.1. The number of carbonyl (C=O) groups is 2. The molecule has 0 spiro atoms. The monoisotopic (exact) mass is 391 g/mol. The van der Waals surface area contributed by atoms with E-state index in [0.29, 0.717) is 22.7 Å². The third kappa shape index (κ3) is 4.75. The number of nitro groups is 1. The number of non-ortho nitro benzene ring substituents is 1. The molecule has 2 amide bonds. The second-order valence-electron chi connectivity index (χ2n) is 5.99. The van der Waals surface area contributed by atoms with Crippen LogP contribution in [0.2, 0.25) is 0 Å². The Hall–Kier alpha value is -4.20. The molecule has 0 atom stereocenters. The number of amides is 2. The number of ether oxygens (including phenoxy) is 1. The molecule has 0 aliphatic heterocycles. The molecule has 0 heterocycles. The van der Waals surface area contributed by atoms with Crippen LogP contribution in [0.25, 0.3) is 0 Å². The fraction of sp³-hybridized carbons (Fsp3) is 0.0476. The van der Waals surface area contributed by atoms with Gasteiger partial charge in [-0.15, -0.1) is 0 Å². The summed E-state index contributed by atoms with van der Waals surface area (Å²) in [6.45, 7) is 0. The summed E-state index contributed by atoms with van der Waals surface area (Å²) in [5.41, 5.74) is 1.39. The van der Waals surface area contributed by atoms with Gasteiger partial charge in [-0.05, 0) is 42.5 Å². The maximum Gasteiger partial charge on any atom is 0.270 e. The Balaban J connectivity index is 1.68. The van der Waals surface area contributed by atoms with Gasteiger partial charge in [-0.1, -0.05) is 18.2 Å². The van der Waals surface area contributed by atoms with Crippen LogP contribution in [0.15, 0.2) is 72.8 Å². The zero-order valence-corrected chi connectivity index (χ0v) is 15.4. The number of anilines is 2. The molecule has 0 aromatic heterocycles. The Kier molecular flexibility index (Phi) is 5.84. The van der Waals surface area contributed by atoms with Crippen LogP contribution in [0.3, 0.4) is 0 Å². The van der Waals surface area contributed by atoms with Crippen LogP contribution in [0.4, 0.5) is 17.1 Å². The van der Waals surface area contributed by atoms with Gasteiger partial charge in [0.05, 0.1) is 17.7 Å². The van der Waals surface area contributed by atoms with Crippen molar-refractivity contribution in [3.63, 3.8) is 0 Å². The minimum atomic E-state index is -0.564. The average Bonchev–Trinajstić information content (AvgIpc) is 2.74. The smallest absolute Gasteiger partial charge is 0.270 e. The van der Waals surface area contributed by atoms with E-state index < -0.39 is 10.8 Å². The number of para-hydroxylation sites is 2. The quantitative estimate of drug-likeness (QED) is 0.485. The van der Waals surface area contributed by atoms with Crippen molar-refractivity contribution in [2.75, 3.05) is 17.7 Å². The lowest BCUT2D eigenvalue weighted by Gasteiger charge is -2.10. The van der Waals surface area contributed by atoms with Gasteiger partial charge in [0.1, 0.15) is 5.75 Å². The van der Waals surface area contributed by atoms with E-state index >= 15 is 0 Å². The molecule has 0 aliphatic carbocycles. The van der Waals surface area contributed by atoms with Crippen LogP contribution in [-0.4, -0.2) is 23.8 Å². The first kappa shape index (κ1) is 19.6. The number of nitro benzene ring substituents is 1. The van der Waals surface area contributed by atoms with Crippen molar-refractivity contribution in [3.05, 3.63) is 94.0 Å². The van der Waals surface area contributed by atoms with Crippen LogP contribution >= 0.6 is 0 Å². The Morgan fingerprint density at radius 1 is 0.862 bits per heavy atom. The predicted molar refractivity (Wildman–Crippen MR) is 108 cm³/mol. The predicted octanol–water partition coefficient (Wildman–Crippen LogP) is 4.11. The summed E-state index contributed by atoms with van der Waals surface area (Å²) in [7, 11) is 1.52. The van der Waals surface area contributed by atoms with E-state index in [1.54, 1.807) is 48.5 Å². The first-order valence-corrected chi connectivity index (χ1v) is 8.58. The molecule has 8 nitrogen and oxygen atoms in total. The molecule has 0 fully saturated rings. The number of nitrogens with one attached hydrogen (secondary N) is 2. The maximum atomic E-state index is 12.4. The number of hydrogen-bond donors (Lipinski definition) is 2. The second-order valence-corrected chi connectivity index (χ2v) is 5.99. The van der Waals surface area contributed by atoms with Crippen molar-refractivity contribution in [3.8, 4) is 5.75 Å². The topological polar surface area (TPSA) is 111 Å². The van der Waals surface area contributed by atoms with Gasteiger partial charge in [-0.3, -0.25) is 19.7 Å². The van der Waals surface area contributed by atoms with Crippen LogP contribution < -0.4 is 15.4 Å². The van der Waals surface area contributed by atoms with Crippen molar-refractivity contribution in [2.45, 2.75) is 0 Å². The number of methoxy groups -OCH3 is 1. The standard InChI is InChI=1S/C21H17N3O5/c1-29-19-8-3-2-7-18(19)23-20(25)14-9-11-16(12-10-14)22-21(26)15-5-4-6-17(13-15)24(27)28/h2-13H,1H3,(H,22,26)(H,23,25). The molecule has 3 aromatic carbocycles. The lowest BCUT2D eigenvalue weighted by atomic mass is 10.1. The highest BCUT2D eigenvalue weighted by atomic mass is 16.6. The number of hydrogen-bond acceptors (Lipinski definition) is 5. The third-order valence-corrected chi connectivity index (χ3v) is 4.08. The molecule has 0 radical (unpaired) electrons. The molecule has 0 unspecified atom stereocenters. The minimum absolute atomic E-state index is 0.164. The molecule has 0 saturated heterocycles. The van der Waals surface area contributed by atoms with Crippen molar-refractivity contribution in [1.82, 2.24) is 0 Å². The highest BCUT2D eigenvalue weighted by Gasteiger charge is 2.13. The number of rotatable bonds is 6. The molecule has 0 aliphatic rings. The molecule has 0 saturated carbocycles. The van der Waals surface area contributed by atoms with Crippen molar-refractivity contribution in [2.24, 2.45) is 0 Å². The van der Waals surface area contributed by atoms with Gasteiger partial charge in [0.25, 0.3) is 17.5 Å². The first-order valence-electron chi connectivity index (χ1n) is 8.58. The highest BCUT2D eigenvalue weighted by molar-refractivity contribution is 6.06. The molecule has 29 heavy (non-hydrogen) atoms. The molecular formula is C21H17N3O5. The Morgan fingerprint density at radius 2 is 1.55 bits per heavy atom. The number of benzene rings is 3. The molecule has 8 heteroatoms. The van der Waals surface area contributed by atoms with Gasteiger partial charge in [0, 0.05) is 28.9 Å². The van der Waals surface area contributed by atoms with Gasteiger partial charge in [0.2, 0.25) is 0 Å². The van der Waals surface area contributed by atoms with Crippen molar-refractivity contribution in [1.29, 1.82) is 0 Å². The fourth-order valence-electron chi connectivity index (χ4n) is 2.61. The molecule has 3 aromatic rings. The lowest BCUT2D eigenvalue weighted by Crippen LogP contribution is -2.14. The van der Waals surface area contributed by atoms with Gasteiger partial charge < -0.3 is 15.4 Å². The van der Waals surface area contributed by atoms with E-state index in [1.807, 2.05) is 0 Å². The number of carbonyl (C=O) groups excluding carboxylic acids is 2. The summed E-state index contributed by atoms with van der Waals surface area (Å²) in [5.74, 6) is -0.271. The molecule has 0 bridgehead atoms. The summed E-state index contributed by atoms with van der Waals surface area (Å²) in [5, 5.41) is 16.2. The summed E-state index contributed by atoms with van der Waals surface area (Å²) >= 11 is 0. The summed E-state index contributed by atoms with van der Waals surface area (Å²) < 4.78 is 5.21.